The molecular weight excluding hydrogens is 218 g/mol. The van der Waals surface area contributed by atoms with Crippen molar-refractivity contribution in [1.29, 1.82) is 0 Å². The van der Waals surface area contributed by atoms with Crippen molar-refractivity contribution in [3.05, 3.63) is 46.7 Å². The first kappa shape index (κ1) is 11.1. The zero-order valence-corrected chi connectivity index (χ0v) is 8.32. The average Bonchev–Trinajstić information content (AvgIpc) is 2.17. The summed E-state index contributed by atoms with van der Waals surface area (Å²) in [5.41, 5.74) is -0.591. The molecule has 0 atom stereocenters. The van der Waals surface area contributed by atoms with Gasteiger partial charge >= 0.3 is 11.7 Å². The number of esters is 1. The summed E-state index contributed by atoms with van der Waals surface area (Å²) in [6, 6.07) is 4.10. The molecule has 1 rings (SSSR count). The van der Waals surface area contributed by atoms with Crippen LogP contribution in [0.25, 0.3) is 0 Å². The average molecular weight is 224 g/mol. The van der Waals surface area contributed by atoms with Gasteiger partial charge in [-0.2, -0.15) is 0 Å². The number of hydrogen-bond donors (Lipinski definition) is 0. The molecule has 0 aliphatic rings. The van der Waals surface area contributed by atoms with Crippen molar-refractivity contribution < 1.29 is 14.5 Å². The Morgan fingerprint density at radius 2 is 2.27 bits per heavy atom. The summed E-state index contributed by atoms with van der Waals surface area (Å²) < 4.78 is 4.45. The van der Waals surface area contributed by atoms with E-state index in [9.17, 15) is 14.9 Å². The van der Waals surface area contributed by atoms with Gasteiger partial charge in [0.25, 0.3) is 0 Å². The van der Waals surface area contributed by atoms with Crippen LogP contribution in [0.4, 0.5) is 5.69 Å². The molecule has 6 heteroatoms. The van der Waals surface area contributed by atoms with E-state index < -0.39 is 16.6 Å². The van der Waals surface area contributed by atoms with Gasteiger partial charge in [0.05, 0.1) is 11.2 Å². The Morgan fingerprint density at radius 3 is 2.80 bits per heavy atom. The van der Waals surface area contributed by atoms with Crippen molar-refractivity contribution in [2.45, 2.75) is 4.90 Å². The zero-order chi connectivity index (χ0) is 11.4. The molecule has 0 saturated carbocycles. The molecule has 77 valence electrons. The lowest BCUT2D eigenvalue weighted by atomic mass is 10.2. The van der Waals surface area contributed by atoms with Gasteiger partial charge in [-0.05, 0) is 12.1 Å². The Bertz CT molecular complexity index is 430. The van der Waals surface area contributed by atoms with Crippen molar-refractivity contribution >= 4 is 24.3 Å². The predicted molar refractivity (Wildman–Crippen MR) is 54.6 cm³/mol. The monoisotopic (exact) mass is 224 g/mol. The molecule has 0 fully saturated rings. The number of para-hydroxylation sites is 1. The fourth-order valence-electron chi connectivity index (χ4n) is 1.01. The Labute approximate surface area is 90.9 Å². The van der Waals surface area contributed by atoms with Crippen molar-refractivity contribution in [2.75, 3.05) is 0 Å². The maximum absolute atomic E-state index is 11.3. The molecule has 0 unspecified atom stereocenters. The third-order valence-corrected chi connectivity index (χ3v) is 1.92. The topological polar surface area (TPSA) is 69.4 Å². The van der Waals surface area contributed by atoms with Gasteiger partial charge in [0.1, 0.15) is 10.5 Å². The van der Waals surface area contributed by atoms with Gasteiger partial charge in [-0.1, -0.05) is 25.3 Å². The molecule has 0 aromatic heterocycles. The maximum atomic E-state index is 11.3. The molecule has 1 aromatic rings. The summed E-state index contributed by atoms with van der Waals surface area (Å²) in [5, 5.41) is 10.7. The molecule has 0 saturated heterocycles. The Kier molecular flexibility index (Phi) is 3.35. The van der Waals surface area contributed by atoms with Gasteiger partial charge in [-0.25, -0.2) is 4.79 Å². The Morgan fingerprint density at radius 1 is 1.60 bits per heavy atom. The van der Waals surface area contributed by atoms with Crippen LogP contribution in [-0.2, 0) is 4.74 Å². The summed E-state index contributed by atoms with van der Waals surface area (Å²) in [7, 11) is 0. The zero-order valence-electron chi connectivity index (χ0n) is 7.50. The highest BCUT2D eigenvalue weighted by atomic mass is 32.1. The molecule has 1 aromatic carbocycles. The molecule has 0 aliphatic carbocycles. The van der Waals surface area contributed by atoms with Gasteiger partial charge < -0.3 is 4.74 Å². The van der Waals surface area contributed by atoms with Crippen LogP contribution in [0.5, 0.6) is 0 Å². The van der Waals surface area contributed by atoms with Crippen molar-refractivity contribution in [2.24, 2.45) is 0 Å². The number of rotatable bonds is 3. The quantitative estimate of drug-likeness (QED) is 0.342. The Balaban J connectivity index is 3.28. The largest absolute Gasteiger partial charge is 0.431 e. The second kappa shape index (κ2) is 4.52. The third kappa shape index (κ3) is 2.29. The van der Waals surface area contributed by atoms with Crippen LogP contribution >= 0.6 is 12.6 Å². The van der Waals surface area contributed by atoms with Crippen molar-refractivity contribution in [3.63, 3.8) is 0 Å². The van der Waals surface area contributed by atoms with E-state index in [0.717, 1.165) is 6.26 Å². The molecule has 0 N–H and O–H groups in total. The van der Waals surface area contributed by atoms with Crippen LogP contribution < -0.4 is 0 Å². The van der Waals surface area contributed by atoms with Crippen molar-refractivity contribution in [3.8, 4) is 0 Å². The van der Waals surface area contributed by atoms with Crippen LogP contribution in [0.15, 0.2) is 35.9 Å². The molecule has 0 bridgehead atoms. The first-order valence-electron chi connectivity index (χ1n) is 3.84. The molecule has 1 radical (unpaired) electrons. The van der Waals surface area contributed by atoms with E-state index in [4.69, 9.17) is 12.6 Å². The lowest BCUT2D eigenvalue weighted by Crippen LogP contribution is -2.05. The third-order valence-electron chi connectivity index (χ3n) is 1.59. The SMILES string of the molecule is C=COC(=O)c1cccc([S])c1[N+](=O)[O-]. The van der Waals surface area contributed by atoms with Crippen LogP contribution in [0.3, 0.4) is 0 Å². The van der Waals surface area contributed by atoms with Gasteiger partial charge in [0, 0.05) is 0 Å². The lowest BCUT2D eigenvalue weighted by Gasteiger charge is -2.01. The van der Waals surface area contributed by atoms with Crippen molar-refractivity contribution in [1.82, 2.24) is 0 Å². The molecule has 15 heavy (non-hydrogen) atoms. The van der Waals surface area contributed by atoms with E-state index in [1.54, 1.807) is 0 Å². The van der Waals surface area contributed by atoms with E-state index in [1.165, 1.54) is 18.2 Å². The van der Waals surface area contributed by atoms with Gasteiger partial charge in [0.15, 0.2) is 0 Å². The number of carbonyl (C=O) groups excluding carboxylic acids is 1. The summed E-state index contributed by atoms with van der Waals surface area (Å²) in [6.45, 7) is 3.18. The molecular formula is C9H6NO4S. The van der Waals surface area contributed by atoms with E-state index in [2.05, 4.69) is 11.3 Å². The highest BCUT2D eigenvalue weighted by molar-refractivity contribution is 7.80. The molecule has 0 heterocycles. The summed E-state index contributed by atoms with van der Waals surface area (Å²) in [5.74, 6) is -0.844. The number of benzene rings is 1. The smallest absolute Gasteiger partial charge is 0.350 e. The second-order valence-electron chi connectivity index (χ2n) is 2.48. The first-order valence-corrected chi connectivity index (χ1v) is 4.25. The normalized spacial score (nSPS) is 9.33. The van der Waals surface area contributed by atoms with E-state index in [0.29, 0.717) is 0 Å². The fraction of sp³-hybridized carbons (Fsp3) is 0. The number of nitro benzene ring substituents is 1. The van der Waals surface area contributed by atoms with Crippen LogP contribution in [0.1, 0.15) is 10.4 Å². The molecule has 0 aliphatic heterocycles. The number of nitro groups is 1. The number of hydrogen-bond acceptors (Lipinski definition) is 4. The van der Waals surface area contributed by atoms with Gasteiger partial charge in [0.2, 0.25) is 0 Å². The van der Waals surface area contributed by atoms with Gasteiger partial charge in [-0.15, -0.1) is 0 Å². The molecule has 0 spiro atoms. The second-order valence-corrected chi connectivity index (χ2v) is 2.92. The molecule has 0 amide bonds. The van der Waals surface area contributed by atoms with E-state index in [-0.39, 0.29) is 10.5 Å². The number of ether oxygens (including phenoxy) is 1. The maximum Gasteiger partial charge on any atom is 0.350 e. The standard InChI is InChI=1S/C9H6NO4S/c1-2-14-9(11)6-4-3-5-7(15)8(6)10(12)13/h2-5H,1H2. The number of carbonyl (C=O) groups is 1. The summed E-state index contributed by atoms with van der Waals surface area (Å²) in [6.07, 6.45) is 0.905. The fourth-order valence-corrected chi connectivity index (χ4v) is 1.28. The minimum atomic E-state index is -0.844. The highest BCUT2D eigenvalue weighted by Gasteiger charge is 2.24. The van der Waals surface area contributed by atoms with Gasteiger partial charge in [-0.3, -0.25) is 10.1 Å². The van der Waals surface area contributed by atoms with Crippen LogP contribution in [0, 0.1) is 10.1 Å². The lowest BCUT2D eigenvalue weighted by molar-refractivity contribution is -0.388. The number of nitrogens with zero attached hydrogens (tertiary/aromatic N) is 1. The first-order chi connectivity index (χ1) is 7.07. The Hall–Kier alpha value is -1.95. The van der Waals surface area contributed by atoms with E-state index >= 15 is 0 Å². The summed E-state index contributed by atoms with van der Waals surface area (Å²) >= 11 is 4.74. The predicted octanol–water partition coefficient (Wildman–Crippen LogP) is 2.45. The van der Waals surface area contributed by atoms with Crippen LogP contribution in [-0.4, -0.2) is 10.9 Å². The highest BCUT2D eigenvalue weighted by Crippen LogP contribution is 2.27. The minimum absolute atomic E-state index is 0.00138. The minimum Gasteiger partial charge on any atom is -0.431 e. The van der Waals surface area contributed by atoms with E-state index in [1.807, 2.05) is 0 Å². The molecule has 5 nitrogen and oxygen atoms in total. The van der Waals surface area contributed by atoms with Crippen LogP contribution in [0.2, 0.25) is 0 Å². The summed E-state index contributed by atoms with van der Waals surface area (Å²) in [4.78, 5) is 21.2.